The molecule has 158 valence electrons. The van der Waals surface area contributed by atoms with Gasteiger partial charge in [0.15, 0.2) is 0 Å². The van der Waals surface area contributed by atoms with Crippen LogP contribution in [-0.4, -0.2) is 30.6 Å². The number of carboxylic acids is 1. The average Bonchev–Trinajstić information content (AvgIpc) is 3.11. The van der Waals surface area contributed by atoms with Crippen molar-refractivity contribution in [1.29, 1.82) is 0 Å². The van der Waals surface area contributed by atoms with Gasteiger partial charge in [0, 0.05) is 28.6 Å². The fourth-order valence-electron chi connectivity index (χ4n) is 3.47. The third-order valence-corrected chi connectivity index (χ3v) is 6.95. The summed E-state index contributed by atoms with van der Waals surface area (Å²) in [5.74, 6) is -0.581. The van der Waals surface area contributed by atoms with Gasteiger partial charge in [0.1, 0.15) is 5.75 Å². The largest absolute Gasteiger partial charge is 0.497 e. The fraction of sp³-hybridized carbons (Fsp3) is 0.0870. The maximum Gasteiger partial charge on any atom is 0.335 e. The van der Waals surface area contributed by atoms with E-state index in [4.69, 9.17) is 21.4 Å². The summed E-state index contributed by atoms with van der Waals surface area (Å²) < 4.78 is 33.7. The minimum absolute atomic E-state index is 0.0989. The summed E-state index contributed by atoms with van der Waals surface area (Å²) >= 11 is 6.13. The summed E-state index contributed by atoms with van der Waals surface area (Å²) in [7, 11) is -2.46. The van der Waals surface area contributed by atoms with E-state index in [9.17, 15) is 13.2 Å². The Morgan fingerprint density at radius 3 is 2.45 bits per heavy atom. The molecule has 0 fully saturated rings. The van der Waals surface area contributed by atoms with Crippen molar-refractivity contribution < 1.29 is 23.1 Å². The first-order valence-corrected chi connectivity index (χ1v) is 11.1. The Morgan fingerprint density at radius 2 is 1.77 bits per heavy atom. The number of benzene rings is 3. The van der Waals surface area contributed by atoms with Gasteiger partial charge in [0.2, 0.25) is 0 Å². The molecule has 0 saturated heterocycles. The van der Waals surface area contributed by atoms with E-state index in [-0.39, 0.29) is 16.9 Å². The SMILES string of the molecule is COc1cccc(S(=O)(=O)n2c(Cc3ccc(C(=O)O)cc3)cc3cc(Cl)ccc32)c1. The van der Waals surface area contributed by atoms with Gasteiger partial charge in [0.05, 0.1) is 23.1 Å². The molecule has 4 aromatic rings. The third-order valence-electron chi connectivity index (χ3n) is 4.96. The highest BCUT2D eigenvalue weighted by molar-refractivity contribution is 7.90. The molecule has 0 aliphatic rings. The molecule has 31 heavy (non-hydrogen) atoms. The van der Waals surface area contributed by atoms with Crippen LogP contribution >= 0.6 is 11.6 Å². The zero-order chi connectivity index (χ0) is 22.2. The predicted octanol–water partition coefficient (Wildman–Crippen LogP) is 4.83. The van der Waals surface area contributed by atoms with E-state index >= 15 is 0 Å². The monoisotopic (exact) mass is 455 g/mol. The number of aromatic nitrogens is 1. The lowest BCUT2D eigenvalue weighted by Crippen LogP contribution is -2.16. The number of fused-ring (bicyclic) bond motifs is 1. The molecule has 0 radical (unpaired) electrons. The van der Waals surface area contributed by atoms with E-state index in [0.717, 1.165) is 5.56 Å². The highest BCUT2D eigenvalue weighted by atomic mass is 35.5. The van der Waals surface area contributed by atoms with E-state index in [1.54, 1.807) is 48.5 Å². The smallest absolute Gasteiger partial charge is 0.335 e. The number of carboxylic acid groups (broad SMARTS) is 1. The van der Waals surface area contributed by atoms with E-state index in [1.165, 1.54) is 35.3 Å². The number of carbonyl (C=O) groups is 1. The molecule has 4 rings (SSSR count). The minimum atomic E-state index is -3.94. The normalized spacial score (nSPS) is 11.5. The number of hydrogen-bond donors (Lipinski definition) is 1. The third kappa shape index (κ3) is 4.02. The number of hydrogen-bond acceptors (Lipinski definition) is 4. The zero-order valence-corrected chi connectivity index (χ0v) is 18.0. The molecular formula is C23H18ClNO5S. The van der Waals surface area contributed by atoms with Crippen LogP contribution in [0.15, 0.2) is 77.7 Å². The Balaban J connectivity index is 1.87. The standard InChI is InChI=1S/C23H18ClNO5S/c1-30-20-3-2-4-21(14-20)31(28,29)25-19(13-17-12-18(24)9-10-22(17)25)11-15-5-7-16(8-6-15)23(26)27/h2-10,12-14H,11H2,1H3,(H,26,27). The van der Waals surface area contributed by atoms with E-state index in [2.05, 4.69) is 0 Å². The van der Waals surface area contributed by atoms with Gasteiger partial charge in [0.25, 0.3) is 10.0 Å². The fourth-order valence-corrected chi connectivity index (χ4v) is 5.22. The van der Waals surface area contributed by atoms with Crippen LogP contribution in [-0.2, 0) is 16.4 Å². The van der Waals surface area contributed by atoms with Crippen molar-refractivity contribution in [1.82, 2.24) is 3.97 Å². The summed E-state index contributed by atoms with van der Waals surface area (Å²) in [6, 6.07) is 19.5. The van der Waals surface area contributed by atoms with Crippen LogP contribution in [0.1, 0.15) is 21.6 Å². The van der Waals surface area contributed by atoms with Crippen molar-refractivity contribution in [3.8, 4) is 5.75 Å². The van der Waals surface area contributed by atoms with Crippen molar-refractivity contribution in [2.75, 3.05) is 7.11 Å². The Morgan fingerprint density at radius 1 is 1.03 bits per heavy atom. The number of aromatic carboxylic acids is 1. The summed E-state index contributed by atoms with van der Waals surface area (Å²) in [6.07, 6.45) is 0.287. The Bertz CT molecular complexity index is 1390. The summed E-state index contributed by atoms with van der Waals surface area (Å²) in [5.41, 5.74) is 1.98. The molecule has 0 spiro atoms. The second-order valence-corrected chi connectivity index (χ2v) is 9.19. The number of rotatable bonds is 6. The van der Waals surface area contributed by atoms with Gasteiger partial charge >= 0.3 is 5.97 Å². The molecule has 0 aliphatic carbocycles. The molecule has 1 aromatic heterocycles. The Labute approximate surface area is 184 Å². The van der Waals surface area contributed by atoms with Gasteiger partial charge in [-0.3, -0.25) is 0 Å². The first-order valence-electron chi connectivity index (χ1n) is 9.31. The summed E-state index contributed by atoms with van der Waals surface area (Å²) in [5, 5.41) is 10.3. The van der Waals surface area contributed by atoms with Crippen LogP contribution in [0.3, 0.4) is 0 Å². The lowest BCUT2D eigenvalue weighted by atomic mass is 10.1. The molecular weight excluding hydrogens is 438 g/mol. The predicted molar refractivity (Wildman–Crippen MR) is 119 cm³/mol. The topological polar surface area (TPSA) is 85.6 Å². The van der Waals surface area contributed by atoms with Gasteiger partial charge in [-0.1, -0.05) is 29.8 Å². The van der Waals surface area contributed by atoms with Crippen LogP contribution < -0.4 is 4.74 Å². The lowest BCUT2D eigenvalue weighted by molar-refractivity contribution is 0.0697. The molecule has 0 atom stereocenters. The molecule has 0 unspecified atom stereocenters. The first kappa shape index (κ1) is 21.0. The lowest BCUT2D eigenvalue weighted by Gasteiger charge is -2.13. The van der Waals surface area contributed by atoms with Gasteiger partial charge in [-0.25, -0.2) is 17.2 Å². The van der Waals surface area contributed by atoms with Gasteiger partial charge in [-0.05, 0) is 54.1 Å². The van der Waals surface area contributed by atoms with Crippen LogP contribution in [0.5, 0.6) is 5.75 Å². The van der Waals surface area contributed by atoms with Crippen LogP contribution in [0.4, 0.5) is 0 Å². The van der Waals surface area contributed by atoms with Crippen molar-refractivity contribution >= 4 is 38.5 Å². The molecule has 0 saturated carbocycles. The van der Waals surface area contributed by atoms with Crippen LogP contribution in [0, 0.1) is 0 Å². The van der Waals surface area contributed by atoms with Crippen molar-refractivity contribution in [2.24, 2.45) is 0 Å². The summed E-state index contributed by atoms with van der Waals surface area (Å²) in [6.45, 7) is 0. The molecule has 6 nitrogen and oxygen atoms in total. The van der Waals surface area contributed by atoms with Crippen LogP contribution in [0.25, 0.3) is 10.9 Å². The number of ether oxygens (including phenoxy) is 1. The molecule has 1 heterocycles. The van der Waals surface area contributed by atoms with Crippen molar-refractivity contribution in [3.63, 3.8) is 0 Å². The van der Waals surface area contributed by atoms with Gasteiger partial charge in [-0.15, -0.1) is 0 Å². The maximum absolute atomic E-state index is 13.6. The number of methoxy groups -OCH3 is 1. The number of halogens is 1. The van der Waals surface area contributed by atoms with Gasteiger partial charge < -0.3 is 9.84 Å². The molecule has 0 amide bonds. The molecule has 1 N–H and O–H groups in total. The van der Waals surface area contributed by atoms with Crippen LogP contribution in [0.2, 0.25) is 5.02 Å². The maximum atomic E-state index is 13.6. The minimum Gasteiger partial charge on any atom is -0.497 e. The van der Waals surface area contributed by atoms with Crippen molar-refractivity contribution in [2.45, 2.75) is 11.3 Å². The average molecular weight is 456 g/mol. The summed E-state index contributed by atoms with van der Waals surface area (Å²) in [4.78, 5) is 11.2. The Hall–Kier alpha value is -3.29. The van der Waals surface area contributed by atoms with E-state index in [0.29, 0.717) is 27.4 Å². The molecule has 0 bridgehead atoms. The van der Waals surface area contributed by atoms with Gasteiger partial charge in [-0.2, -0.15) is 0 Å². The van der Waals surface area contributed by atoms with Crippen molar-refractivity contribution in [3.05, 3.63) is 94.6 Å². The quantitative estimate of drug-likeness (QED) is 0.450. The molecule has 0 aliphatic heterocycles. The second-order valence-electron chi connectivity index (χ2n) is 6.97. The molecule has 3 aromatic carbocycles. The van der Waals surface area contributed by atoms with E-state index < -0.39 is 16.0 Å². The first-order chi connectivity index (χ1) is 14.8. The number of nitrogens with zero attached hydrogens (tertiary/aromatic N) is 1. The Kier molecular flexibility index (Phi) is 5.47. The highest BCUT2D eigenvalue weighted by Crippen LogP contribution is 2.30. The van der Waals surface area contributed by atoms with E-state index in [1.807, 2.05) is 0 Å². The zero-order valence-electron chi connectivity index (χ0n) is 16.4. The second kappa shape index (κ2) is 8.09. The highest BCUT2D eigenvalue weighted by Gasteiger charge is 2.24. The molecule has 8 heteroatoms.